The SMILES string of the molecule is Cc1sccc1N(c1cccnc1OC(C)C(F)(F)F)c1cccc2c1Cc1ccccc1-2. The molecule has 0 aliphatic heterocycles. The van der Waals surface area contributed by atoms with Crippen molar-refractivity contribution in [1.29, 1.82) is 0 Å². The highest BCUT2D eigenvalue weighted by Gasteiger charge is 2.39. The summed E-state index contributed by atoms with van der Waals surface area (Å²) < 4.78 is 45.2. The summed E-state index contributed by atoms with van der Waals surface area (Å²) in [6.07, 6.45) is -4.28. The summed E-state index contributed by atoms with van der Waals surface area (Å²) >= 11 is 1.58. The predicted molar refractivity (Wildman–Crippen MR) is 126 cm³/mol. The van der Waals surface area contributed by atoms with Crippen molar-refractivity contribution >= 4 is 28.4 Å². The number of hydrogen-bond acceptors (Lipinski definition) is 4. The Kier molecular flexibility index (Phi) is 5.37. The first-order valence-electron chi connectivity index (χ1n) is 10.6. The molecule has 1 aliphatic rings. The van der Waals surface area contributed by atoms with E-state index in [0.717, 1.165) is 40.7 Å². The van der Waals surface area contributed by atoms with Gasteiger partial charge in [0, 0.05) is 17.5 Å². The molecule has 7 heteroatoms. The summed E-state index contributed by atoms with van der Waals surface area (Å²) in [4.78, 5) is 7.21. The number of nitrogens with zero attached hydrogens (tertiary/aromatic N) is 2. The van der Waals surface area contributed by atoms with Crippen LogP contribution in [-0.2, 0) is 6.42 Å². The Balaban J connectivity index is 1.69. The Labute approximate surface area is 194 Å². The first kappa shape index (κ1) is 21.5. The lowest BCUT2D eigenvalue weighted by atomic mass is 10.0. The Morgan fingerprint density at radius 1 is 0.939 bits per heavy atom. The molecule has 168 valence electrons. The second-order valence-corrected chi connectivity index (χ2v) is 9.08. The second-order valence-electron chi connectivity index (χ2n) is 7.96. The fourth-order valence-electron chi connectivity index (χ4n) is 4.23. The fraction of sp³-hybridized carbons (Fsp3) is 0.192. The zero-order valence-corrected chi connectivity index (χ0v) is 18.9. The Hall–Kier alpha value is -3.32. The van der Waals surface area contributed by atoms with Crippen LogP contribution in [0.3, 0.4) is 0 Å². The molecule has 0 N–H and O–H groups in total. The third-order valence-electron chi connectivity index (χ3n) is 5.88. The molecule has 0 spiro atoms. The van der Waals surface area contributed by atoms with Crippen molar-refractivity contribution in [3.05, 3.63) is 88.2 Å². The van der Waals surface area contributed by atoms with Gasteiger partial charge in [-0.15, -0.1) is 11.3 Å². The average molecular weight is 467 g/mol. The zero-order chi connectivity index (χ0) is 23.2. The summed E-state index contributed by atoms with van der Waals surface area (Å²) in [5.74, 6) is -0.0546. The van der Waals surface area contributed by atoms with Crippen LogP contribution in [0.25, 0.3) is 11.1 Å². The van der Waals surface area contributed by atoms with Crippen molar-refractivity contribution < 1.29 is 17.9 Å². The minimum Gasteiger partial charge on any atom is -0.463 e. The molecule has 0 saturated carbocycles. The molecule has 0 radical (unpaired) electrons. The molecule has 1 aliphatic carbocycles. The van der Waals surface area contributed by atoms with Crippen LogP contribution in [0, 0.1) is 6.92 Å². The van der Waals surface area contributed by atoms with Crippen LogP contribution in [0.1, 0.15) is 22.9 Å². The number of alkyl halides is 3. The van der Waals surface area contributed by atoms with Gasteiger partial charge in [0.15, 0.2) is 6.10 Å². The van der Waals surface area contributed by atoms with Gasteiger partial charge in [-0.05, 0) is 65.7 Å². The maximum atomic E-state index is 13.3. The van der Waals surface area contributed by atoms with Crippen molar-refractivity contribution in [2.24, 2.45) is 0 Å². The molecule has 1 atom stereocenters. The molecule has 3 nitrogen and oxygen atoms in total. The number of rotatable bonds is 5. The number of fused-ring (bicyclic) bond motifs is 3. The standard InChI is InChI=1S/C26H21F3N2OS/c1-16-22(12-14-33-16)31(24-11-6-13-30-25(24)32-17(2)26(27,28)29)23-10-5-9-20-19-8-4-3-7-18(19)15-21(20)23/h3-14,17H,15H2,1-2H3. The lowest BCUT2D eigenvalue weighted by molar-refractivity contribution is -0.189. The van der Waals surface area contributed by atoms with Crippen LogP contribution in [-0.4, -0.2) is 17.3 Å². The van der Waals surface area contributed by atoms with Crippen molar-refractivity contribution in [3.63, 3.8) is 0 Å². The second kappa shape index (κ2) is 8.23. The van der Waals surface area contributed by atoms with Gasteiger partial charge in [-0.25, -0.2) is 4.98 Å². The molecule has 2 heterocycles. The van der Waals surface area contributed by atoms with Gasteiger partial charge in [-0.2, -0.15) is 13.2 Å². The topological polar surface area (TPSA) is 25.4 Å². The lowest BCUT2D eigenvalue weighted by Crippen LogP contribution is -2.32. The monoisotopic (exact) mass is 466 g/mol. The molecular weight excluding hydrogens is 445 g/mol. The third kappa shape index (κ3) is 3.86. The van der Waals surface area contributed by atoms with E-state index in [9.17, 15) is 13.2 Å². The molecule has 2 aromatic carbocycles. The van der Waals surface area contributed by atoms with Crippen LogP contribution >= 0.6 is 11.3 Å². The summed E-state index contributed by atoms with van der Waals surface area (Å²) in [7, 11) is 0. The van der Waals surface area contributed by atoms with Crippen LogP contribution < -0.4 is 9.64 Å². The molecule has 4 aromatic rings. The Bertz CT molecular complexity index is 1310. The molecule has 5 rings (SSSR count). The number of hydrogen-bond donors (Lipinski definition) is 0. The number of thiophene rings is 1. The first-order chi connectivity index (χ1) is 15.8. The van der Waals surface area contributed by atoms with Gasteiger partial charge in [0.1, 0.15) is 5.69 Å². The van der Waals surface area contributed by atoms with Crippen molar-refractivity contribution in [2.45, 2.75) is 32.5 Å². The van der Waals surface area contributed by atoms with E-state index in [1.807, 2.05) is 47.5 Å². The van der Waals surface area contributed by atoms with Gasteiger partial charge in [-0.1, -0.05) is 36.4 Å². The summed E-state index contributed by atoms with van der Waals surface area (Å²) in [5.41, 5.74) is 6.95. The molecule has 0 amide bonds. The molecule has 33 heavy (non-hydrogen) atoms. The third-order valence-corrected chi connectivity index (χ3v) is 6.72. The zero-order valence-electron chi connectivity index (χ0n) is 18.1. The average Bonchev–Trinajstić information content (AvgIpc) is 3.38. The molecule has 2 aromatic heterocycles. The van der Waals surface area contributed by atoms with Crippen molar-refractivity contribution in [3.8, 4) is 17.0 Å². The number of pyridine rings is 1. The highest BCUT2D eigenvalue weighted by Crippen LogP contribution is 2.48. The van der Waals surface area contributed by atoms with Crippen molar-refractivity contribution in [1.82, 2.24) is 4.98 Å². The van der Waals surface area contributed by atoms with E-state index in [-0.39, 0.29) is 5.88 Å². The molecular formula is C26H21F3N2OS. The number of aromatic nitrogens is 1. The van der Waals surface area contributed by atoms with E-state index >= 15 is 0 Å². The van der Waals surface area contributed by atoms with Crippen LogP contribution in [0.2, 0.25) is 0 Å². The van der Waals surface area contributed by atoms with E-state index < -0.39 is 12.3 Å². The van der Waals surface area contributed by atoms with Gasteiger partial charge < -0.3 is 9.64 Å². The van der Waals surface area contributed by atoms with E-state index in [0.29, 0.717) is 5.69 Å². The highest BCUT2D eigenvalue weighted by molar-refractivity contribution is 7.10. The van der Waals surface area contributed by atoms with E-state index in [1.165, 1.54) is 17.3 Å². The predicted octanol–water partition coefficient (Wildman–Crippen LogP) is 7.82. The largest absolute Gasteiger partial charge is 0.463 e. The van der Waals surface area contributed by atoms with E-state index in [2.05, 4.69) is 23.2 Å². The summed E-state index contributed by atoms with van der Waals surface area (Å²) in [6, 6.07) is 19.8. The van der Waals surface area contributed by atoms with E-state index in [4.69, 9.17) is 4.74 Å². The van der Waals surface area contributed by atoms with Crippen LogP contribution in [0.5, 0.6) is 5.88 Å². The number of benzene rings is 2. The molecule has 0 fully saturated rings. The van der Waals surface area contributed by atoms with Crippen LogP contribution in [0.15, 0.2) is 72.2 Å². The minimum absolute atomic E-state index is 0.0546. The minimum atomic E-state index is -4.49. The maximum absolute atomic E-state index is 13.3. The molecule has 0 bridgehead atoms. The van der Waals surface area contributed by atoms with Crippen molar-refractivity contribution in [2.75, 3.05) is 4.90 Å². The normalized spacial score (nSPS) is 13.4. The number of aryl methyl sites for hydroxylation is 1. The maximum Gasteiger partial charge on any atom is 0.425 e. The lowest BCUT2D eigenvalue weighted by Gasteiger charge is -2.29. The fourth-order valence-corrected chi connectivity index (χ4v) is 4.91. The molecule has 0 saturated heterocycles. The molecule has 1 unspecified atom stereocenters. The van der Waals surface area contributed by atoms with E-state index in [1.54, 1.807) is 23.5 Å². The highest BCUT2D eigenvalue weighted by atomic mass is 32.1. The number of ether oxygens (including phenoxy) is 1. The summed E-state index contributed by atoms with van der Waals surface area (Å²) in [6.45, 7) is 3.00. The smallest absolute Gasteiger partial charge is 0.425 e. The quantitative estimate of drug-likeness (QED) is 0.264. The Morgan fingerprint density at radius 2 is 1.70 bits per heavy atom. The van der Waals surface area contributed by atoms with Gasteiger partial charge in [0.2, 0.25) is 5.88 Å². The first-order valence-corrected chi connectivity index (χ1v) is 11.5. The number of anilines is 3. The Morgan fingerprint density at radius 3 is 2.45 bits per heavy atom. The van der Waals surface area contributed by atoms with Gasteiger partial charge in [0.05, 0.1) is 11.4 Å². The van der Waals surface area contributed by atoms with Crippen LogP contribution in [0.4, 0.5) is 30.2 Å². The number of halogens is 3. The van der Waals surface area contributed by atoms with Gasteiger partial charge >= 0.3 is 6.18 Å². The van der Waals surface area contributed by atoms with Gasteiger partial charge in [0.25, 0.3) is 0 Å². The summed E-state index contributed by atoms with van der Waals surface area (Å²) in [5, 5.41) is 1.98. The van der Waals surface area contributed by atoms with Gasteiger partial charge in [-0.3, -0.25) is 0 Å².